The predicted molar refractivity (Wildman–Crippen MR) is 73.7 cm³/mol. The number of imide groups is 1. The summed E-state index contributed by atoms with van der Waals surface area (Å²) in [4.78, 5) is 22.9. The average Bonchev–Trinajstić information content (AvgIpc) is 2.62. The number of hydrogen-bond donors (Lipinski definition) is 2. The van der Waals surface area contributed by atoms with Crippen LogP contribution < -0.4 is 10.6 Å². The third-order valence-corrected chi connectivity index (χ3v) is 6.77. The molecule has 0 saturated carbocycles. The number of carbonyl (C=O) groups is 2. The maximum atomic E-state index is 12.1. The smallest absolute Gasteiger partial charge is 0.322 e. The van der Waals surface area contributed by atoms with Gasteiger partial charge in [-0.2, -0.15) is 0 Å². The Morgan fingerprint density at radius 1 is 1.10 bits per heavy atom. The molecule has 2 aliphatic rings. The van der Waals surface area contributed by atoms with E-state index in [1.807, 2.05) is 0 Å². The fourth-order valence-corrected chi connectivity index (χ4v) is 5.46. The highest BCUT2D eigenvalue weighted by Crippen LogP contribution is 2.26. The summed E-state index contributed by atoms with van der Waals surface area (Å²) in [5, 5.41) is 4.67. The van der Waals surface area contributed by atoms with Crippen molar-refractivity contribution in [3.63, 3.8) is 0 Å². The van der Waals surface area contributed by atoms with Gasteiger partial charge in [0.2, 0.25) is 10.0 Å². The van der Waals surface area contributed by atoms with Crippen LogP contribution in [0, 0.1) is 0 Å². The molecule has 2 N–H and O–H groups in total. The zero-order valence-electron chi connectivity index (χ0n) is 11.5. The molecule has 2 rings (SSSR count). The lowest BCUT2D eigenvalue weighted by Crippen LogP contribution is -2.56. The van der Waals surface area contributed by atoms with Gasteiger partial charge in [0, 0.05) is 19.3 Å². The molecule has 1 spiro atoms. The van der Waals surface area contributed by atoms with Crippen LogP contribution in [-0.2, 0) is 24.7 Å². The molecule has 0 aromatic heterocycles. The number of carbonyl (C=O) groups excluding carboxylic acids is 2. The Bertz CT molecular complexity index is 661. The minimum atomic E-state index is -3.68. The van der Waals surface area contributed by atoms with Crippen molar-refractivity contribution in [3.8, 4) is 0 Å². The van der Waals surface area contributed by atoms with Gasteiger partial charge in [0.05, 0.1) is 11.5 Å². The van der Waals surface area contributed by atoms with Gasteiger partial charge in [0.15, 0.2) is 0 Å². The van der Waals surface area contributed by atoms with Crippen LogP contribution in [0.15, 0.2) is 0 Å². The first kappa shape index (κ1) is 16.2. The Balaban J connectivity index is 2.01. The van der Waals surface area contributed by atoms with Crippen LogP contribution in [-0.4, -0.2) is 69.5 Å². The number of nitrogens with zero attached hydrogens (tertiary/aromatic N) is 1. The normalized spacial score (nSPS) is 23.1. The van der Waals surface area contributed by atoms with Gasteiger partial charge in [-0.1, -0.05) is 0 Å². The van der Waals surface area contributed by atoms with Crippen molar-refractivity contribution in [3.05, 3.63) is 0 Å². The Kier molecular flexibility index (Phi) is 4.02. The molecule has 0 aromatic carbocycles. The molecule has 9 nitrogen and oxygen atoms in total. The molecule has 3 amide bonds. The maximum absolute atomic E-state index is 12.1. The topological polar surface area (TPSA) is 130 Å². The van der Waals surface area contributed by atoms with Crippen LogP contribution in [0.2, 0.25) is 0 Å². The van der Waals surface area contributed by atoms with E-state index in [0.29, 0.717) is 0 Å². The van der Waals surface area contributed by atoms with E-state index in [9.17, 15) is 26.4 Å². The molecule has 2 fully saturated rings. The van der Waals surface area contributed by atoms with E-state index in [0.717, 1.165) is 6.26 Å². The third kappa shape index (κ3) is 3.52. The molecular formula is C10H17N3O6S2. The van der Waals surface area contributed by atoms with E-state index in [1.54, 1.807) is 0 Å². The lowest BCUT2D eigenvalue weighted by Gasteiger charge is -2.36. The first-order chi connectivity index (χ1) is 9.54. The number of nitrogens with one attached hydrogen (secondary N) is 2. The van der Waals surface area contributed by atoms with Crippen molar-refractivity contribution >= 4 is 31.8 Å². The summed E-state index contributed by atoms with van der Waals surface area (Å²) in [6.07, 6.45) is 1.32. The van der Waals surface area contributed by atoms with E-state index in [2.05, 4.69) is 10.6 Å². The van der Waals surface area contributed by atoms with Crippen LogP contribution in [0.3, 0.4) is 0 Å². The van der Waals surface area contributed by atoms with Crippen LogP contribution >= 0.6 is 0 Å². The van der Waals surface area contributed by atoms with E-state index in [-0.39, 0.29) is 25.9 Å². The molecule has 0 unspecified atom stereocenters. The quantitative estimate of drug-likeness (QED) is 0.572. The SMILES string of the molecule is CS(=O)(=O)CCS(=O)(=O)N1CCC2(CC1)NC(=O)NC2=O. The first-order valence-corrected chi connectivity index (χ1v) is 10.0. The van der Waals surface area contributed by atoms with Crippen LogP contribution in [0.4, 0.5) is 4.79 Å². The minimum Gasteiger partial charge on any atom is -0.323 e. The third-order valence-electron chi connectivity index (χ3n) is 3.70. The number of amides is 3. The van der Waals surface area contributed by atoms with Crippen molar-refractivity contribution in [2.24, 2.45) is 0 Å². The van der Waals surface area contributed by atoms with Gasteiger partial charge in [-0.15, -0.1) is 0 Å². The number of sulfonamides is 1. The molecule has 2 aliphatic heterocycles. The molecule has 0 radical (unpaired) electrons. The largest absolute Gasteiger partial charge is 0.323 e. The molecular weight excluding hydrogens is 322 g/mol. The molecule has 2 heterocycles. The Morgan fingerprint density at radius 3 is 2.10 bits per heavy atom. The molecule has 11 heteroatoms. The van der Waals surface area contributed by atoms with Gasteiger partial charge in [-0.3, -0.25) is 10.1 Å². The second-order valence-electron chi connectivity index (χ2n) is 5.34. The monoisotopic (exact) mass is 339 g/mol. The molecule has 0 atom stereocenters. The number of piperidine rings is 1. The Labute approximate surface area is 123 Å². The number of sulfone groups is 1. The second kappa shape index (κ2) is 5.21. The molecule has 21 heavy (non-hydrogen) atoms. The van der Waals surface area contributed by atoms with Gasteiger partial charge in [0.25, 0.3) is 5.91 Å². The van der Waals surface area contributed by atoms with Crippen molar-refractivity contribution < 1.29 is 26.4 Å². The summed E-state index contributed by atoms with van der Waals surface area (Å²) in [6.45, 7) is 0.138. The van der Waals surface area contributed by atoms with Gasteiger partial charge < -0.3 is 5.32 Å². The fraction of sp³-hybridized carbons (Fsp3) is 0.800. The van der Waals surface area contributed by atoms with Crippen LogP contribution in [0.1, 0.15) is 12.8 Å². The second-order valence-corrected chi connectivity index (χ2v) is 9.68. The number of hydrogen-bond acceptors (Lipinski definition) is 6. The molecule has 2 saturated heterocycles. The van der Waals surface area contributed by atoms with Crippen molar-refractivity contribution in [1.29, 1.82) is 0 Å². The summed E-state index contributed by atoms with van der Waals surface area (Å²) in [7, 11) is -7.05. The fourth-order valence-electron chi connectivity index (χ4n) is 2.41. The lowest BCUT2D eigenvalue weighted by atomic mass is 9.89. The summed E-state index contributed by atoms with van der Waals surface area (Å²) in [5.41, 5.74) is -1.04. The Hall–Kier alpha value is -1.20. The van der Waals surface area contributed by atoms with Crippen molar-refractivity contribution in [1.82, 2.24) is 14.9 Å². The zero-order valence-corrected chi connectivity index (χ0v) is 13.1. The Morgan fingerprint density at radius 2 is 1.67 bits per heavy atom. The molecule has 120 valence electrons. The lowest BCUT2D eigenvalue weighted by molar-refractivity contribution is -0.125. The van der Waals surface area contributed by atoms with E-state index in [4.69, 9.17) is 0 Å². The highest BCUT2D eigenvalue weighted by Gasteiger charge is 2.49. The predicted octanol–water partition coefficient (Wildman–Crippen LogP) is -1.97. The number of rotatable bonds is 4. The van der Waals surface area contributed by atoms with E-state index < -0.39 is 48.8 Å². The minimum absolute atomic E-state index is 0.0692. The first-order valence-electron chi connectivity index (χ1n) is 6.33. The van der Waals surface area contributed by atoms with E-state index in [1.165, 1.54) is 4.31 Å². The molecule has 0 aliphatic carbocycles. The van der Waals surface area contributed by atoms with Gasteiger partial charge in [-0.25, -0.2) is 25.9 Å². The van der Waals surface area contributed by atoms with Gasteiger partial charge in [-0.05, 0) is 12.8 Å². The highest BCUT2D eigenvalue weighted by atomic mass is 32.2. The molecule has 0 bridgehead atoms. The maximum Gasteiger partial charge on any atom is 0.322 e. The summed E-state index contributed by atoms with van der Waals surface area (Å²) < 4.78 is 47.4. The van der Waals surface area contributed by atoms with Crippen molar-refractivity contribution in [2.45, 2.75) is 18.4 Å². The van der Waals surface area contributed by atoms with Crippen LogP contribution in [0.5, 0.6) is 0 Å². The average molecular weight is 339 g/mol. The number of urea groups is 1. The summed E-state index contributed by atoms with van der Waals surface area (Å²) >= 11 is 0. The summed E-state index contributed by atoms with van der Waals surface area (Å²) in [6, 6.07) is -0.576. The van der Waals surface area contributed by atoms with E-state index >= 15 is 0 Å². The summed E-state index contributed by atoms with van der Waals surface area (Å²) in [5.74, 6) is -1.35. The van der Waals surface area contributed by atoms with Gasteiger partial charge >= 0.3 is 6.03 Å². The van der Waals surface area contributed by atoms with Crippen LogP contribution in [0.25, 0.3) is 0 Å². The van der Waals surface area contributed by atoms with Crippen molar-refractivity contribution in [2.75, 3.05) is 30.9 Å². The molecule has 0 aromatic rings. The standard InChI is InChI=1S/C10H17N3O6S2/c1-20(16,17)6-7-21(18,19)13-4-2-10(3-5-13)8(14)11-9(15)12-10/h2-7H2,1H3,(H2,11,12,14,15). The highest BCUT2D eigenvalue weighted by molar-refractivity contribution is 7.93. The van der Waals surface area contributed by atoms with Gasteiger partial charge in [0.1, 0.15) is 15.4 Å². The zero-order chi connectivity index (χ0) is 15.9.